The van der Waals surface area contributed by atoms with Crippen molar-refractivity contribution in [2.45, 2.75) is 38.1 Å². The van der Waals surface area contributed by atoms with Crippen LogP contribution in [0, 0.1) is 5.92 Å². The number of hydrogen-bond acceptors (Lipinski definition) is 2. The largest absolute Gasteiger partial charge is 0.325 e. The van der Waals surface area contributed by atoms with E-state index in [0.717, 1.165) is 45.6 Å². The molecule has 0 aromatic heterocycles. The maximum absolute atomic E-state index is 12.3. The summed E-state index contributed by atoms with van der Waals surface area (Å²) in [4.78, 5) is 16.4. The second-order valence-corrected chi connectivity index (χ2v) is 6.07. The molecule has 2 amide bonds. The number of nitrogens with one attached hydrogen (secondary N) is 1. The molecular formula is C13H23N3O. The quantitative estimate of drug-likeness (QED) is 0.689. The average molecular weight is 237 g/mol. The van der Waals surface area contributed by atoms with Crippen LogP contribution in [0.15, 0.2) is 0 Å². The molecule has 3 heterocycles. The number of carbonyl (C=O) groups is 1. The van der Waals surface area contributed by atoms with Crippen LogP contribution >= 0.6 is 0 Å². The Morgan fingerprint density at radius 1 is 1.18 bits per heavy atom. The zero-order valence-corrected chi connectivity index (χ0v) is 10.7. The normalized spacial score (nSPS) is 31.7. The van der Waals surface area contributed by atoms with Crippen LogP contribution in [-0.2, 0) is 0 Å². The van der Waals surface area contributed by atoms with Crippen LogP contribution < -0.4 is 5.32 Å². The minimum atomic E-state index is 0.281. The van der Waals surface area contributed by atoms with E-state index in [2.05, 4.69) is 17.1 Å². The third kappa shape index (κ3) is 2.03. The molecule has 0 aromatic carbocycles. The predicted molar refractivity (Wildman–Crippen MR) is 66.9 cm³/mol. The van der Waals surface area contributed by atoms with Crippen LogP contribution in [0.25, 0.3) is 0 Å². The van der Waals surface area contributed by atoms with Crippen molar-refractivity contribution in [3.05, 3.63) is 0 Å². The highest BCUT2D eigenvalue weighted by Crippen LogP contribution is 2.31. The minimum absolute atomic E-state index is 0.281. The fraction of sp³-hybridized carbons (Fsp3) is 0.923. The molecule has 0 bridgehead atoms. The van der Waals surface area contributed by atoms with Crippen molar-refractivity contribution in [1.82, 2.24) is 15.1 Å². The summed E-state index contributed by atoms with van der Waals surface area (Å²) in [5, 5.41) is 3.55. The summed E-state index contributed by atoms with van der Waals surface area (Å²) in [7, 11) is 0. The van der Waals surface area contributed by atoms with Gasteiger partial charge in [-0.2, -0.15) is 0 Å². The van der Waals surface area contributed by atoms with E-state index in [9.17, 15) is 4.79 Å². The molecule has 0 radical (unpaired) electrons. The lowest BCUT2D eigenvalue weighted by atomic mass is 9.79. The van der Waals surface area contributed by atoms with E-state index in [-0.39, 0.29) is 6.03 Å². The maximum atomic E-state index is 12.3. The van der Waals surface area contributed by atoms with Crippen LogP contribution in [0.5, 0.6) is 0 Å². The highest BCUT2D eigenvalue weighted by molar-refractivity contribution is 5.75. The third-order valence-corrected chi connectivity index (χ3v) is 4.79. The summed E-state index contributed by atoms with van der Waals surface area (Å²) >= 11 is 0. The lowest BCUT2D eigenvalue weighted by Crippen LogP contribution is -2.63. The molecule has 3 saturated heterocycles. The number of hydrogen-bond donors (Lipinski definition) is 1. The number of amides is 2. The molecule has 3 fully saturated rings. The van der Waals surface area contributed by atoms with Crippen molar-refractivity contribution in [2.24, 2.45) is 5.92 Å². The van der Waals surface area contributed by atoms with Gasteiger partial charge in [0.2, 0.25) is 0 Å². The number of carbonyl (C=O) groups excluding carboxylic acids is 1. The lowest BCUT2D eigenvalue weighted by Gasteiger charge is -2.49. The summed E-state index contributed by atoms with van der Waals surface area (Å²) in [6.45, 7) is 7.19. The lowest BCUT2D eigenvalue weighted by molar-refractivity contribution is 0.0856. The van der Waals surface area contributed by atoms with Crippen LogP contribution in [0.2, 0.25) is 0 Å². The minimum Gasteiger partial charge on any atom is -0.325 e. The highest BCUT2D eigenvalue weighted by atomic mass is 16.2. The monoisotopic (exact) mass is 237 g/mol. The SMILES string of the molecule is CC1CCN(C(=O)N2CCC3(CCN3)CC2)C1. The Kier molecular flexibility index (Phi) is 2.77. The van der Waals surface area contributed by atoms with E-state index >= 15 is 0 Å². The molecule has 4 nitrogen and oxygen atoms in total. The number of likely N-dealkylation sites (tertiary alicyclic amines) is 2. The van der Waals surface area contributed by atoms with Gasteiger partial charge in [-0.3, -0.25) is 0 Å². The van der Waals surface area contributed by atoms with Gasteiger partial charge in [0.05, 0.1) is 0 Å². The fourth-order valence-corrected chi connectivity index (χ4v) is 3.34. The zero-order valence-electron chi connectivity index (χ0n) is 10.7. The van der Waals surface area contributed by atoms with Gasteiger partial charge < -0.3 is 15.1 Å². The molecule has 4 heteroatoms. The van der Waals surface area contributed by atoms with E-state index in [0.29, 0.717) is 11.5 Å². The van der Waals surface area contributed by atoms with E-state index < -0.39 is 0 Å². The van der Waals surface area contributed by atoms with Gasteiger partial charge >= 0.3 is 6.03 Å². The van der Waals surface area contributed by atoms with E-state index in [4.69, 9.17) is 0 Å². The van der Waals surface area contributed by atoms with E-state index in [1.165, 1.54) is 12.8 Å². The Balaban J connectivity index is 1.54. The van der Waals surface area contributed by atoms with Crippen molar-refractivity contribution < 1.29 is 4.79 Å². The van der Waals surface area contributed by atoms with Gasteiger partial charge in [-0.1, -0.05) is 6.92 Å². The molecule has 96 valence electrons. The topological polar surface area (TPSA) is 35.6 Å². The summed E-state index contributed by atoms with van der Waals surface area (Å²) in [5.41, 5.74) is 0.398. The molecule has 1 spiro atoms. The predicted octanol–water partition coefficient (Wildman–Crippen LogP) is 1.28. The molecule has 3 aliphatic rings. The number of piperidine rings is 1. The van der Waals surface area contributed by atoms with Crippen LogP contribution in [0.4, 0.5) is 4.79 Å². The van der Waals surface area contributed by atoms with E-state index in [1.807, 2.05) is 4.90 Å². The van der Waals surface area contributed by atoms with Crippen LogP contribution in [0.3, 0.4) is 0 Å². The first-order valence-electron chi connectivity index (χ1n) is 6.97. The summed E-state index contributed by atoms with van der Waals surface area (Å²) in [6, 6.07) is 0.281. The standard InChI is InChI=1S/C13H23N3O/c1-11-2-7-16(10-11)12(17)15-8-4-13(5-9-15)3-6-14-13/h11,14H,2-10H2,1H3. The Morgan fingerprint density at radius 2 is 1.88 bits per heavy atom. The number of urea groups is 1. The number of rotatable bonds is 0. The van der Waals surface area contributed by atoms with Crippen molar-refractivity contribution >= 4 is 6.03 Å². The average Bonchev–Trinajstić information content (AvgIpc) is 2.73. The van der Waals surface area contributed by atoms with Gasteiger partial charge in [-0.25, -0.2) is 4.79 Å². The highest BCUT2D eigenvalue weighted by Gasteiger charge is 2.41. The molecule has 3 rings (SSSR count). The Labute approximate surface area is 103 Å². The van der Waals surface area contributed by atoms with Gasteiger partial charge in [0.15, 0.2) is 0 Å². The van der Waals surface area contributed by atoms with Crippen molar-refractivity contribution in [3.8, 4) is 0 Å². The third-order valence-electron chi connectivity index (χ3n) is 4.79. The molecule has 17 heavy (non-hydrogen) atoms. The summed E-state index contributed by atoms with van der Waals surface area (Å²) in [5.74, 6) is 0.684. The Morgan fingerprint density at radius 3 is 2.35 bits per heavy atom. The molecule has 0 aliphatic carbocycles. The molecule has 3 aliphatic heterocycles. The molecular weight excluding hydrogens is 214 g/mol. The van der Waals surface area contributed by atoms with Gasteiger partial charge in [0.25, 0.3) is 0 Å². The molecule has 1 atom stereocenters. The summed E-state index contributed by atoms with van der Waals surface area (Å²) in [6.07, 6.45) is 4.76. The van der Waals surface area contributed by atoms with Gasteiger partial charge in [0, 0.05) is 31.7 Å². The van der Waals surface area contributed by atoms with Crippen molar-refractivity contribution in [1.29, 1.82) is 0 Å². The van der Waals surface area contributed by atoms with Crippen LogP contribution in [0.1, 0.15) is 32.6 Å². The Bertz CT molecular complexity index is 304. The first-order chi connectivity index (χ1) is 8.19. The first-order valence-corrected chi connectivity index (χ1v) is 6.97. The molecule has 1 N–H and O–H groups in total. The van der Waals surface area contributed by atoms with Crippen molar-refractivity contribution in [2.75, 3.05) is 32.7 Å². The van der Waals surface area contributed by atoms with Crippen LogP contribution in [-0.4, -0.2) is 54.1 Å². The second-order valence-electron chi connectivity index (χ2n) is 6.07. The Hall–Kier alpha value is -0.770. The van der Waals surface area contributed by atoms with Gasteiger partial charge in [0.1, 0.15) is 0 Å². The number of nitrogens with zero attached hydrogens (tertiary/aromatic N) is 2. The maximum Gasteiger partial charge on any atom is 0.320 e. The van der Waals surface area contributed by atoms with Crippen molar-refractivity contribution in [3.63, 3.8) is 0 Å². The molecule has 0 aromatic rings. The summed E-state index contributed by atoms with van der Waals surface area (Å²) < 4.78 is 0. The zero-order chi connectivity index (χ0) is 11.9. The smallest absolute Gasteiger partial charge is 0.320 e. The molecule has 1 unspecified atom stereocenters. The first kappa shape index (κ1) is 11.3. The van der Waals surface area contributed by atoms with Gasteiger partial charge in [-0.05, 0) is 38.1 Å². The van der Waals surface area contributed by atoms with Gasteiger partial charge in [-0.15, -0.1) is 0 Å². The fourth-order valence-electron chi connectivity index (χ4n) is 3.34. The second kappa shape index (κ2) is 4.16. The van der Waals surface area contributed by atoms with E-state index in [1.54, 1.807) is 0 Å². The molecule has 0 saturated carbocycles.